The van der Waals surface area contributed by atoms with Gasteiger partial charge in [-0.2, -0.15) is 0 Å². The van der Waals surface area contributed by atoms with Gasteiger partial charge in [-0.25, -0.2) is 4.98 Å². The van der Waals surface area contributed by atoms with Gasteiger partial charge in [-0.15, -0.1) is 0 Å². The summed E-state index contributed by atoms with van der Waals surface area (Å²) in [7, 11) is 0. The second kappa shape index (κ2) is 7.43. The summed E-state index contributed by atoms with van der Waals surface area (Å²) in [6.45, 7) is 5.87. The quantitative estimate of drug-likeness (QED) is 0.800. The summed E-state index contributed by atoms with van der Waals surface area (Å²) < 4.78 is 7.03. The summed E-state index contributed by atoms with van der Waals surface area (Å²) in [5, 5.41) is 3.52. The minimum atomic E-state index is -0.113. The Morgan fingerprint density at radius 1 is 1.48 bits per heavy atom. The molecule has 114 valence electrons. The predicted octanol–water partition coefficient (Wildman–Crippen LogP) is 2.71. The first-order valence-electron chi connectivity index (χ1n) is 7.19. The third-order valence-electron chi connectivity index (χ3n) is 3.17. The van der Waals surface area contributed by atoms with E-state index in [1.54, 1.807) is 22.7 Å². The number of nitrogens with one attached hydrogen (secondary N) is 1. The average Bonchev–Trinajstić information content (AvgIpc) is 2.84. The van der Waals surface area contributed by atoms with Gasteiger partial charge in [0.15, 0.2) is 0 Å². The fraction of sp³-hybridized carbons (Fsp3) is 0.467. The molecule has 0 atom stereocenters. The van der Waals surface area contributed by atoms with Crippen molar-refractivity contribution in [1.29, 1.82) is 0 Å². The number of amides is 1. The van der Waals surface area contributed by atoms with Crippen LogP contribution in [0.15, 0.2) is 18.3 Å². The maximum Gasteiger partial charge on any atom is 0.270 e. The summed E-state index contributed by atoms with van der Waals surface area (Å²) in [5.41, 5.74) is 2.05. The number of pyridine rings is 1. The van der Waals surface area contributed by atoms with Crippen molar-refractivity contribution in [2.45, 2.75) is 26.7 Å². The zero-order chi connectivity index (χ0) is 15.2. The molecule has 21 heavy (non-hydrogen) atoms. The third kappa shape index (κ3) is 3.74. The van der Waals surface area contributed by atoms with Crippen molar-refractivity contribution in [2.75, 3.05) is 19.8 Å². The molecule has 0 fully saturated rings. The highest BCUT2D eigenvalue weighted by molar-refractivity contribution is 6.30. The van der Waals surface area contributed by atoms with Crippen LogP contribution in [0.1, 0.15) is 36.5 Å². The first-order valence-corrected chi connectivity index (χ1v) is 7.57. The van der Waals surface area contributed by atoms with E-state index in [-0.39, 0.29) is 5.91 Å². The van der Waals surface area contributed by atoms with Crippen molar-refractivity contribution in [3.8, 4) is 0 Å². The zero-order valence-electron chi connectivity index (χ0n) is 12.4. The van der Waals surface area contributed by atoms with Crippen molar-refractivity contribution in [3.63, 3.8) is 0 Å². The van der Waals surface area contributed by atoms with Crippen LogP contribution in [0.4, 0.5) is 0 Å². The molecule has 2 aromatic heterocycles. The zero-order valence-corrected chi connectivity index (χ0v) is 13.1. The SMILES string of the molecule is CCOCCCNC(=O)c1c(CC)nc2cc(Cl)ccn12. The molecule has 0 spiro atoms. The fourth-order valence-corrected chi connectivity index (χ4v) is 2.31. The van der Waals surface area contributed by atoms with Gasteiger partial charge in [0.25, 0.3) is 5.91 Å². The number of hydrogen-bond acceptors (Lipinski definition) is 3. The number of rotatable bonds is 7. The van der Waals surface area contributed by atoms with Crippen LogP contribution in [0.3, 0.4) is 0 Å². The van der Waals surface area contributed by atoms with Gasteiger partial charge in [0, 0.05) is 37.0 Å². The number of hydrogen-bond donors (Lipinski definition) is 1. The number of imidazole rings is 1. The number of carbonyl (C=O) groups is 1. The number of halogens is 1. The normalized spacial score (nSPS) is 11.0. The monoisotopic (exact) mass is 309 g/mol. The van der Waals surface area contributed by atoms with Gasteiger partial charge in [-0.05, 0) is 25.8 Å². The van der Waals surface area contributed by atoms with Crippen LogP contribution in [0.5, 0.6) is 0 Å². The van der Waals surface area contributed by atoms with E-state index < -0.39 is 0 Å². The van der Waals surface area contributed by atoms with Crippen LogP contribution >= 0.6 is 11.6 Å². The molecular weight excluding hydrogens is 290 g/mol. The van der Waals surface area contributed by atoms with E-state index >= 15 is 0 Å². The lowest BCUT2D eigenvalue weighted by molar-refractivity contribution is 0.0937. The van der Waals surface area contributed by atoms with E-state index in [4.69, 9.17) is 16.3 Å². The van der Waals surface area contributed by atoms with Crippen molar-refractivity contribution < 1.29 is 9.53 Å². The van der Waals surface area contributed by atoms with E-state index in [0.717, 1.165) is 12.1 Å². The molecule has 0 saturated heterocycles. The molecule has 0 aliphatic rings. The van der Waals surface area contributed by atoms with Crippen molar-refractivity contribution in [3.05, 3.63) is 34.7 Å². The number of aryl methyl sites for hydroxylation is 1. The van der Waals surface area contributed by atoms with Gasteiger partial charge in [0.2, 0.25) is 0 Å². The third-order valence-corrected chi connectivity index (χ3v) is 3.40. The van der Waals surface area contributed by atoms with E-state index in [9.17, 15) is 4.79 Å². The van der Waals surface area contributed by atoms with Gasteiger partial charge >= 0.3 is 0 Å². The highest BCUT2D eigenvalue weighted by Crippen LogP contribution is 2.17. The molecule has 6 heteroatoms. The Balaban J connectivity index is 2.14. The molecule has 2 rings (SSSR count). The van der Waals surface area contributed by atoms with Crippen LogP contribution in [0.25, 0.3) is 5.65 Å². The number of aromatic nitrogens is 2. The second-order valence-electron chi connectivity index (χ2n) is 4.64. The lowest BCUT2D eigenvalue weighted by Gasteiger charge is -2.07. The molecule has 1 amide bonds. The molecule has 0 saturated carbocycles. The summed E-state index contributed by atoms with van der Waals surface area (Å²) in [5.74, 6) is -0.113. The van der Waals surface area contributed by atoms with Crippen molar-refractivity contribution in [1.82, 2.24) is 14.7 Å². The first kappa shape index (κ1) is 15.8. The maximum atomic E-state index is 12.4. The van der Waals surface area contributed by atoms with E-state index in [1.165, 1.54) is 0 Å². The summed E-state index contributed by atoms with van der Waals surface area (Å²) >= 11 is 5.97. The van der Waals surface area contributed by atoms with E-state index in [2.05, 4.69) is 10.3 Å². The van der Waals surface area contributed by atoms with E-state index in [1.807, 2.05) is 13.8 Å². The van der Waals surface area contributed by atoms with Crippen LogP contribution in [-0.4, -0.2) is 35.1 Å². The Morgan fingerprint density at radius 2 is 2.29 bits per heavy atom. The molecule has 5 nitrogen and oxygen atoms in total. The van der Waals surface area contributed by atoms with Crippen molar-refractivity contribution >= 4 is 23.2 Å². The minimum Gasteiger partial charge on any atom is -0.382 e. The van der Waals surface area contributed by atoms with Crippen LogP contribution < -0.4 is 5.32 Å². The number of fused-ring (bicyclic) bond motifs is 1. The standard InChI is InChI=1S/C15H20ClN3O2/c1-3-12-14(15(20)17-7-5-9-21-4-2)19-8-6-11(16)10-13(19)18-12/h6,8,10H,3-5,7,9H2,1-2H3,(H,17,20). The highest BCUT2D eigenvalue weighted by Gasteiger charge is 2.17. The van der Waals surface area contributed by atoms with E-state index in [0.29, 0.717) is 42.5 Å². The Bertz CT molecular complexity index is 625. The Morgan fingerprint density at radius 3 is 3.00 bits per heavy atom. The Hall–Kier alpha value is -1.59. The van der Waals surface area contributed by atoms with Gasteiger partial charge < -0.3 is 10.1 Å². The minimum absolute atomic E-state index is 0.113. The lowest BCUT2D eigenvalue weighted by atomic mass is 10.2. The summed E-state index contributed by atoms with van der Waals surface area (Å²) in [4.78, 5) is 16.8. The Kier molecular flexibility index (Phi) is 5.59. The molecule has 2 heterocycles. The number of nitrogens with zero attached hydrogens (tertiary/aromatic N) is 2. The van der Waals surface area contributed by atoms with Crippen LogP contribution in [-0.2, 0) is 11.2 Å². The van der Waals surface area contributed by atoms with Gasteiger partial charge in [-0.1, -0.05) is 18.5 Å². The molecule has 0 bridgehead atoms. The topological polar surface area (TPSA) is 55.6 Å². The predicted molar refractivity (Wildman–Crippen MR) is 83.0 cm³/mol. The maximum absolute atomic E-state index is 12.4. The molecule has 0 unspecified atom stereocenters. The number of carbonyl (C=O) groups excluding carboxylic acids is 1. The van der Waals surface area contributed by atoms with Crippen LogP contribution in [0, 0.1) is 0 Å². The van der Waals surface area contributed by atoms with Gasteiger partial charge in [0.05, 0.1) is 5.69 Å². The molecule has 0 aromatic carbocycles. The molecule has 0 aliphatic heterocycles. The van der Waals surface area contributed by atoms with Crippen LogP contribution in [0.2, 0.25) is 5.02 Å². The summed E-state index contributed by atoms with van der Waals surface area (Å²) in [6, 6.07) is 3.51. The molecule has 0 radical (unpaired) electrons. The Labute approximate surface area is 129 Å². The van der Waals surface area contributed by atoms with Gasteiger partial charge in [-0.3, -0.25) is 9.20 Å². The molecule has 0 aliphatic carbocycles. The second-order valence-corrected chi connectivity index (χ2v) is 5.08. The average molecular weight is 310 g/mol. The summed E-state index contributed by atoms with van der Waals surface area (Å²) in [6.07, 6.45) is 3.27. The molecule has 2 aromatic rings. The first-order chi connectivity index (χ1) is 10.2. The largest absolute Gasteiger partial charge is 0.382 e. The lowest BCUT2D eigenvalue weighted by Crippen LogP contribution is -2.27. The fourth-order valence-electron chi connectivity index (χ4n) is 2.16. The molecular formula is C15H20ClN3O2. The van der Waals surface area contributed by atoms with Gasteiger partial charge in [0.1, 0.15) is 11.3 Å². The molecule has 1 N–H and O–H groups in total. The highest BCUT2D eigenvalue weighted by atomic mass is 35.5. The smallest absolute Gasteiger partial charge is 0.270 e. The number of ether oxygens (including phenoxy) is 1. The van der Waals surface area contributed by atoms with Crippen molar-refractivity contribution in [2.24, 2.45) is 0 Å².